The first-order valence-electron chi connectivity index (χ1n) is 4.89. The number of non-ortho nitro benzene ring substituents is 1. The summed E-state index contributed by atoms with van der Waals surface area (Å²) in [5.74, 6) is -0.0217. The topological polar surface area (TPSA) is 89.4 Å². The fourth-order valence-electron chi connectivity index (χ4n) is 1.46. The average Bonchev–Trinajstić information content (AvgIpc) is 2.21. The molecule has 0 fully saturated rings. The van der Waals surface area contributed by atoms with E-state index in [1.54, 1.807) is 0 Å². The second-order valence-corrected chi connectivity index (χ2v) is 4.37. The molecule has 1 rings (SSSR count). The monoisotopic (exact) mass is 324 g/mol. The molecule has 1 atom stereocenters. The Kier molecular flexibility index (Phi) is 6.44. The normalized spacial score (nSPS) is 11.7. The lowest BCUT2D eigenvalue weighted by Crippen LogP contribution is -2.10. The third kappa shape index (κ3) is 3.83. The SMILES string of the molecule is CCC[C@H](N)c1cc([N+](=O)[O-])cc(Br)c1O.Cl. The van der Waals surface area contributed by atoms with Gasteiger partial charge in [0.05, 0.1) is 9.40 Å². The molecule has 0 aliphatic carbocycles. The Hall–Kier alpha value is -0.850. The molecule has 0 radical (unpaired) electrons. The van der Waals surface area contributed by atoms with E-state index in [0.29, 0.717) is 16.5 Å². The van der Waals surface area contributed by atoms with Crippen LogP contribution < -0.4 is 5.73 Å². The maximum absolute atomic E-state index is 10.7. The molecule has 0 heterocycles. The van der Waals surface area contributed by atoms with Gasteiger partial charge in [0.2, 0.25) is 0 Å². The summed E-state index contributed by atoms with van der Waals surface area (Å²) in [5, 5.41) is 20.4. The minimum Gasteiger partial charge on any atom is -0.506 e. The van der Waals surface area contributed by atoms with Crippen LogP contribution in [0.4, 0.5) is 5.69 Å². The number of aromatic hydroxyl groups is 1. The zero-order valence-electron chi connectivity index (χ0n) is 9.22. The number of benzene rings is 1. The first-order valence-corrected chi connectivity index (χ1v) is 5.69. The van der Waals surface area contributed by atoms with Gasteiger partial charge in [-0.15, -0.1) is 12.4 Å². The van der Waals surface area contributed by atoms with Gasteiger partial charge in [0.15, 0.2) is 0 Å². The molecule has 0 spiro atoms. The predicted octanol–water partition coefficient (Wildman–Crippen LogP) is 3.28. The number of hydrogen-bond donors (Lipinski definition) is 2. The van der Waals surface area contributed by atoms with Crippen LogP contribution in [-0.2, 0) is 0 Å². The van der Waals surface area contributed by atoms with Crippen molar-refractivity contribution in [2.45, 2.75) is 25.8 Å². The van der Waals surface area contributed by atoms with Crippen LogP contribution in [-0.4, -0.2) is 10.0 Å². The average molecular weight is 326 g/mol. The molecule has 0 aliphatic rings. The summed E-state index contributed by atoms with van der Waals surface area (Å²) < 4.78 is 0.295. The van der Waals surface area contributed by atoms with Crippen molar-refractivity contribution in [3.63, 3.8) is 0 Å². The van der Waals surface area contributed by atoms with Crippen LogP contribution >= 0.6 is 28.3 Å². The van der Waals surface area contributed by atoms with E-state index in [4.69, 9.17) is 5.73 Å². The first kappa shape index (κ1) is 16.1. The molecule has 96 valence electrons. The molecule has 0 bridgehead atoms. The molecule has 17 heavy (non-hydrogen) atoms. The van der Waals surface area contributed by atoms with Crippen molar-refractivity contribution in [3.8, 4) is 5.75 Å². The van der Waals surface area contributed by atoms with Gasteiger partial charge in [0, 0.05) is 23.7 Å². The second-order valence-electron chi connectivity index (χ2n) is 3.52. The van der Waals surface area contributed by atoms with Crippen LogP contribution in [0, 0.1) is 10.1 Å². The highest BCUT2D eigenvalue weighted by Crippen LogP contribution is 2.36. The number of nitrogens with two attached hydrogens (primary N) is 1. The molecule has 0 amide bonds. The van der Waals surface area contributed by atoms with E-state index in [1.165, 1.54) is 12.1 Å². The number of nitrogens with zero attached hydrogens (tertiary/aromatic N) is 1. The molecule has 1 aromatic carbocycles. The van der Waals surface area contributed by atoms with E-state index in [2.05, 4.69) is 15.9 Å². The zero-order chi connectivity index (χ0) is 12.3. The molecule has 5 nitrogen and oxygen atoms in total. The van der Waals surface area contributed by atoms with Gasteiger partial charge in [-0.05, 0) is 22.4 Å². The summed E-state index contributed by atoms with van der Waals surface area (Å²) in [7, 11) is 0. The summed E-state index contributed by atoms with van der Waals surface area (Å²) in [6.07, 6.45) is 1.52. The first-order chi connectivity index (χ1) is 7.47. The van der Waals surface area contributed by atoms with Crippen molar-refractivity contribution in [1.29, 1.82) is 0 Å². The summed E-state index contributed by atoms with van der Waals surface area (Å²) in [6.45, 7) is 1.96. The molecule has 7 heteroatoms. The molecule has 1 aromatic rings. The molecule has 0 saturated carbocycles. The predicted molar refractivity (Wildman–Crippen MR) is 71.5 cm³/mol. The van der Waals surface area contributed by atoms with Crippen molar-refractivity contribution in [2.75, 3.05) is 0 Å². The minimum atomic E-state index is -0.508. The highest BCUT2D eigenvalue weighted by atomic mass is 79.9. The van der Waals surface area contributed by atoms with Gasteiger partial charge in [-0.2, -0.15) is 0 Å². The van der Waals surface area contributed by atoms with E-state index in [-0.39, 0.29) is 29.9 Å². The van der Waals surface area contributed by atoms with E-state index >= 15 is 0 Å². The van der Waals surface area contributed by atoms with Crippen LogP contribution in [0.2, 0.25) is 0 Å². The molecule has 0 aromatic heterocycles. The van der Waals surface area contributed by atoms with E-state index in [0.717, 1.165) is 6.42 Å². The quantitative estimate of drug-likeness (QED) is 0.656. The Labute approximate surface area is 114 Å². The standard InChI is InChI=1S/C10H13BrN2O3.ClH/c1-2-3-9(12)7-4-6(13(15)16)5-8(11)10(7)14;/h4-5,9,14H,2-3,12H2,1H3;1H/t9-;/m0./s1. The summed E-state index contributed by atoms with van der Waals surface area (Å²) in [4.78, 5) is 10.2. The van der Waals surface area contributed by atoms with E-state index < -0.39 is 4.92 Å². The maximum Gasteiger partial charge on any atom is 0.271 e. The Morgan fingerprint density at radius 3 is 2.65 bits per heavy atom. The second kappa shape index (κ2) is 6.78. The molecular weight excluding hydrogens is 311 g/mol. The van der Waals surface area contributed by atoms with Crippen LogP contribution in [0.5, 0.6) is 5.75 Å². The molecule has 0 aliphatic heterocycles. The van der Waals surface area contributed by atoms with Gasteiger partial charge in [-0.25, -0.2) is 0 Å². The van der Waals surface area contributed by atoms with Crippen molar-refractivity contribution >= 4 is 34.0 Å². The van der Waals surface area contributed by atoms with Crippen molar-refractivity contribution in [3.05, 3.63) is 32.3 Å². The molecule has 0 saturated heterocycles. The lowest BCUT2D eigenvalue weighted by Gasteiger charge is -2.13. The van der Waals surface area contributed by atoms with Crippen LogP contribution in [0.3, 0.4) is 0 Å². The lowest BCUT2D eigenvalue weighted by molar-refractivity contribution is -0.385. The Morgan fingerprint density at radius 2 is 2.18 bits per heavy atom. The number of halogens is 2. The Balaban J connectivity index is 0.00000256. The Bertz CT molecular complexity index is 415. The van der Waals surface area contributed by atoms with Crippen LogP contribution in [0.25, 0.3) is 0 Å². The van der Waals surface area contributed by atoms with Gasteiger partial charge in [-0.1, -0.05) is 13.3 Å². The van der Waals surface area contributed by atoms with Gasteiger partial charge in [0.1, 0.15) is 5.75 Å². The van der Waals surface area contributed by atoms with E-state index in [1.807, 2.05) is 6.92 Å². The van der Waals surface area contributed by atoms with Gasteiger partial charge < -0.3 is 10.8 Å². The largest absolute Gasteiger partial charge is 0.506 e. The Morgan fingerprint density at radius 1 is 1.59 bits per heavy atom. The van der Waals surface area contributed by atoms with Crippen LogP contribution in [0.1, 0.15) is 31.4 Å². The number of nitro groups is 1. The minimum absolute atomic E-state index is 0. The van der Waals surface area contributed by atoms with Gasteiger partial charge in [-0.3, -0.25) is 10.1 Å². The third-order valence-electron chi connectivity index (χ3n) is 2.29. The number of hydrogen-bond acceptors (Lipinski definition) is 4. The smallest absolute Gasteiger partial charge is 0.271 e. The molecular formula is C10H14BrClN2O3. The van der Waals surface area contributed by atoms with E-state index in [9.17, 15) is 15.2 Å². The number of nitro benzene ring substituents is 1. The number of phenolic OH excluding ortho intramolecular Hbond substituents is 1. The number of rotatable bonds is 4. The molecule has 3 N–H and O–H groups in total. The summed E-state index contributed by atoms with van der Waals surface area (Å²) in [6, 6.07) is 2.19. The summed E-state index contributed by atoms with van der Waals surface area (Å²) >= 11 is 3.07. The maximum atomic E-state index is 10.7. The zero-order valence-corrected chi connectivity index (χ0v) is 11.6. The van der Waals surface area contributed by atoms with Crippen molar-refractivity contribution in [2.24, 2.45) is 5.73 Å². The fourth-order valence-corrected chi connectivity index (χ4v) is 1.92. The highest BCUT2D eigenvalue weighted by molar-refractivity contribution is 9.10. The third-order valence-corrected chi connectivity index (χ3v) is 2.89. The number of phenols is 1. The fraction of sp³-hybridized carbons (Fsp3) is 0.400. The van der Waals surface area contributed by atoms with Gasteiger partial charge >= 0.3 is 0 Å². The lowest BCUT2D eigenvalue weighted by atomic mass is 10.0. The van der Waals surface area contributed by atoms with Crippen LogP contribution in [0.15, 0.2) is 16.6 Å². The molecule has 0 unspecified atom stereocenters. The van der Waals surface area contributed by atoms with Gasteiger partial charge in [0.25, 0.3) is 5.69 Å². The van der Waals surface area contributed by atoms with Crippen molar-refractivity contribution in [1.82, 2.24) is 0 Å². The van der Waals surface area contributed by atoms with Crippen molar-refractivity contribution < 1.29 is 10.0 Å². The highest BCUT2D eigenvalue weighted by Gasteiger charge is 2.18. The summed E-state index contributed by atoms with van der Waals surface area (Å²) in [5.41, 5.74) is 6.17.